The summed E-state index contributed by atoms with van der Waals surface area (Å²) < 4.78 is 11.3. The summed E-state index contributed by atoms with van der Waals surface area (Å²) in [5, 5.41) is 0.594. The molecule has 0 fully saturated rings. The van der Waals surface area contributed by atoms with Crippen molar-refractivity contribution in [2.75, 3.05) is 18.9 Å². The molecule has 0 saturated heterocycles. The number of aryl methyl sites for hydroxylation is 1. The lowest BCUT2D eigenvalue weighted by Crippen LogP contribution is -2.05. The summed E-state index contributed by atoms with van der Waals surface area (Å²) in [5.74, 6) is 2.08. The zero-order chi connectivity index (χ0) is 21.1. The van der Waals surface area contributed by atoms with Gasteiger partial charge in [-0.2, -0.15) is 0 Å². The molecule has 0 spiro atoms. The Morgan fingerprint density at radius 3 is 2.66 bits per heavy atom. The zero-order valence-electron chi connectivity index (χ0n) is 17.2. The fraction of sp³-hybridized carbons (Fsp3) is 0.435. The first kappa shape index (κ1) is 23.6. The van der Waals surface area contributed by atoms with Crippen LogP contribution in [0.3, 0.4) is 0 Å². The van der Waals surface area contributed by atoms with E-state index >= 15 is 0 Å². The molecule has 0 radical (unpaired) electrons. The number of carbonyl (C=O) groups excluding carboxylic acids is 1. The Hall–Kier alpha value is -1.69. The van der Waals surface area contributed by atoms with Gasteiger partial charge in [0, 0.05) is 23.1 Å². The number of ether oxygens (including phenoxy) is 2. The normalized spacial score (nSPS) is 10.8. The van der Waals surface area contributed by atoms with Gasteiger partial charge in [0.1, 0.15) is 11.5 Å². The van der Waals surface area contributed by atoms with E-state index in [0.29, 0.717) is 30.3 Å². The zero-order valence-corrected chi connectivity index (χ0v) is 18.8. The number of hydrogen-bond acceptors (Lipinski definition) is 5. The maximum absolute atomic E-state index is 11.4. The monoisotopic (exact) mass is 435 g/mol. The molecule has 4 nitrogen and oxygen atoms in total. The fourth-order valence-corrected chi connectivity index (χ4v) is 4.00. The molecule has 2 aromatic rings. The van der Waals surface area contributed by atoms with E-state index in [1.54, 1.807) is 30.8 Å². The average molecular weight is 436 g/mol. The van der Waals surface area contributed by atoms with E-state index in [2.05, 4.69) is 25.1 Å². The third-order valence-corrected chi connectivity index (χ3v) is 5.90. The van der Waals surface area contributed by atoms with Gasteiger partial charge in [0.15, 0.2) is 0 Å². The number of nitrogens with two attached hydrogens (primary N) is 1. The number of hydrogen-bond donors (Lipinski definition) is 1. The largest absolute Gasteiger partial charge is 0.493 e. The molecule has 0 bridgehead atoms. The van der Waals surface area contributed by atoms with Gasteiger partial charge in [-0.05, 0) is 55.1 Å². The molecule has 0 saturated carbocycles. The van der Waals surface area contributed by atoms with E-state index in [1.165, 1.54) is 11.1 Å². The van der Waals surface area contributed by atoms with Crippen molar-refractivity contribution in [3.05, 3.63) is 52.5 Å². The minimum atomic E-state index is -0.267. The highest BCUT2D eigenvalue weighted by molar-refractivity contribution is 7.99. The second kappa shape index (κ2) is 12.8. The van der Waals surface area contributed by atoms with Crippen molar-refractivity contribution in [2.45, 2.75) is 50.8 Å². The Morgan fingerprint density at radius 1 is 1.14 bits per heavy atom. The Kier molecular flexibility index (Phi) is 10.4. The quantitative estimate of drug-likeness (QED) is 0.201. The van der Waals surface area contributed by atoms with Crippen LogP contribution < -0.4 is 15.2 Å². The Labute approximate surface area is 183 Å². The highest BCUT2D eigenvalue weighted by Gasteiger charge is 2.08. The van der Waals surface area contributed by atoms with E-state index in [-0.39, 0.29) is 5.97 Å². The first-order chi connectivity index (χ1) is 14.1. The third-order valence-electron chi connectivity index (χ3n) is 4.31. The predicted molar refractivity (Wildman–Crippen MR) is 121 cm³/mol. The van der Waals surface area contributed by atoms with Crippen molar-refractivity contribution >= 4 is 29.3 Å². The van der Waals surface area contributed by atoms with Crippen LogP contribution in [0.1, 0.15) is 44.2 Å². The lowest BCUT2D eigenvalue weighted by molar-refractivity contribution is -0.134. The van der Waals surface area contributed by atoms with Crippen LogP contribution in [-0.2, 0) is 17.6 Å². The summed E-state index contributed by atoms with van der Waals surface area (Å²) in [4.78, 5) is 12.3. The highest BCUT2D eigenvalue weighted by Crippen LogP contribution is 2.31. The summed E-state index contributed by atoms with van der Waals surface area (Å²) in [6, 6.07) is 11.8. The smallest absolute Gasteiger partial charge is 0.310 e. The molecule has 2 aromatic carbocycles. The van der Waals surface area contributed by atoms with Crippen LogP contribution in [0.2, 0.25) is 5.02 Å². The van der Waals surface area contributed by atoms with Crippen molar-refractivity contribution in [3.63, 3.8) is 0 Å². The van der Waals surface area contributed by atoms with Gasteiger partial charge in [0.2, 0.25) is 0 Å². The topological polar surface area (TPSA) is 61.6 Å². The van der Waals surface area contributed by atoms with Crippen molar-refractivity contribution in [1.82, 2.24) is 0 Å². The summed E-state index contributed by atoms with van der Waals surface area (Å²) in [6.45, 7) is 5.22. The molecule has 0 aliphatic rings. The molecule has 6 heteroatoms. The van der Waals surface area contributed by atoms with Crippen LogP contribution in [0.4, 0.5) is 0 Å². The van der Waals surface area contributed by atoms with Gasteiger partial charge in [-0.1, -0.05) is 44.0 Å². The van der Waals surface area contributed by atoms with Crippen molar-refractivity contribution < 1.29 is 14.3 Å². The van der Waals surface area contributed by atoms with Gasteiger partial charge in [-0.15, -0.1) is 11.8 Å². The lowest BCUT2D eigenvalue weighted by Gasteiger charge is -2.13. The first-order valence-electron chi connectivity index (χ1n) is 10.1. The van der Waals surface area contributed by atoms with E-state index < -0.39 is 0 Å². The summed E-state index contributed by atoms with van der Waals surface area (Å²) in [7, 11) is 0. The highest BCUT2D eigenvalue weighted by atomic mass is 35.5. The number of thioether (sulfide) groups is 1. The molecule has 0 atom stereocenters. The molecule has 0 aliphatic heterocycles. The van der Waals surface area contributed by atoms with Gasteiger partial charge >= 0.3 is 5.97 Å². The van der Waals surface area contributed by atoms with Crippen molar-refractivity contribution in [2.24, 2.45) is 5.73 Å². The van der Waals surface area contributed by atoms with E-state index in [1.807, 2.05) is 6.07 Å². The molecule has 2 N–H and O–H groups in total. The van der Waals surface area contributed by atoms with Crippen molar-refractivity contribution in [1.29, 1.82) is 0 Å². The molecule has 29 heavy (non-hydrogen) atoms. The predicted octanol–water partition coefficient (Wildman–Crippen LogP) is 5.67. The van der Waals surface area contributed by atoms with Crippen LogP contribution in [0.25, 0.3) is 0 Å². The second-order valence-corrected chi connectivity index (χ2v) is 8.25. The van der Waals surface area contributed by atoms with E-state index in [9.17, 15) is 4.79 Å². The minimum Gasteiger partial charge on any atom is -0.493 e. The molecule has 0 amide bonds. The van der Waals surface area contributed by atoms with Crippen molar-refractivity contribution in [3.8, 4) is 11.5 Å². The fourth-order valence-electron chi connectivity index (χ4n) is 2.82. The van der Waals surface area contributed by atoms with Crippen LogP contribution in [0.15, 0.2) is 41.3 Å². The summed E-state index contributed by atoms with van der Waals surface area (Å²) >= 11 is 7.99. The number of rotatable bonds is 12. The third kappa shape index (κ3) is 7.92. The Morgan fingerprint density at radius 2 is 1.97 bits per heavy atom. The van der Waals surface area contributed by atoms with Gasteiger partial charge in [0.25, 0.3) is 0 Å². The average Bonchev–Trinajstić information content (AvgIpc) is 2.71. The van der Waals surface area contributed by atoms with Crippen LogP contribution >= 0.6 is 23.4 Å². The molecule has 0 aliphatic carbocycles. The molecule has 0 aromatic heterocycles. The first-order valence-corrected chi connectivity index (χ1v) is 11.5. The number of esters is 1. The Balaban J connectivity index is 1.83. The second-order valence-electron chi connectivity index (χ2n) is 6.70. The molecular weight excluding hydrogens is 406 g/mol. The van der Waals surface area contributed by atoms with Gasteiger partial charge < -0.3 is 15.2 Å². The summed E-state index contributed by atoms with van der Waals surface area (Å²) in [5.41, 5.74) is 8.14. The van der Waals surface area contributed by atoms with E-state index in [4.69, 9.17) is 26.8 Å². The number of halogens is 1. The van der Waals surface area contributed by atoms with Gasteiger partial charge in [-0.25, -0.2) is 0 Å². The van der Waals surface area contributed by atoms with Crippen LogP contribution in [0, 0.1) is 0 Å². The standard InChI is InChI=1S/C23H30ClNO3S/c1-3-6-18-8-7-17(11-12-25)15-21(18)27-13-5-14-29-22-10-9-19(16-20(22)24)28-23(26)4-2/h7-10,15-16H,3-6,11-14,25H2,1-2H3. The number of benzene rings is 2. The Bertz CT molecular complexity index is 798. The summed E-state index contributed by atoms with van der Waals surface area (Å²) in [6.07, 6.45) is 4.20. The van der Waals surface area contributed by atoms with Crippen LogP contribution in [-0.4, -0.2) is 24.9 Å². The number of carbonyl (C=O) groups is 1. The molecule has 158 valence electrons. The molecule has 0 heterocycles. The SMILES string of the molecule is CCCc1ccc(CCN)cc1OCCCSc1ccc(OC(=O)CC)cc1Cl. The molecule has 2 rings (SSSR count). The lowest BCUT2D eigenvalue weighted by atomic mass is 10.0. The molecule has 0 unspecified atom stereocenters. The van der Waals surface area contributed by atoms with Gasteiger partial charge in [-0.3, -0.25) is 4.79 Å². The maximum Gasteiger partial charge on any atom is 0.310 e. The maximum atomic E-state index is 11.4. The minimum absolute atomic E-state index is 0.267. The molecular formula is C23H30ClNO3S. The van der Waals surface area contributed by atoms with Gasteiger partial charge in [0.05, 0.1) is 11.6 Å². The van der Waals surface area contributed by atoms with E-state index in [0.717, 1.165) is 42.1 Å². The van der Waals surface area contributed by atoms with Crippen LogP contribution in [0.5, 0.6) is 11.5 Å².